The molecule has 0 bridgehead atoms. The van der Waals surface area contributed by atoms with Crippen LogP contribution in [0.4, 0.5) is 0 Å². The molecule has 1 unspecified atom stereocenters. The molecule has 0 saturated carbocycles. The molecular formula is C18H25N3. The molecule has 0 amide bonds. The summed E-state index contributed by atoms with van der Waals surface area (Å²) >= 11 is 0. The second-order valence-electron chi connectivity index (χ2n) is 5.80. The lowest BCUT2D eigenvalue weighted by Gasteiger charge is -2.28. The van der Waals surface area contributed by atoms with Crippen LogP contribution in [0, 0.1) is 20.8 Å². The molecule has 0 aliphatic carbocycles. The van der Waals surface area contributed by atoms with Crippen molar-refractivity contribution in [3.8, 4) is 0 Å². The highest BCUT2D eigenvalue weighted by atomic mass is 15.1. The Balaban J connectivity index is 2.22. The summed E-state index contributed by atoms with van der Waals surface area (Å²) in [5.74, 6) is 0. The van der Waals surface area contributed by atoms with Gasteiger partial charge in [-0.05, 0) is 51.1 Å². The van der Waals surface area contributed by atoms with E-state index in [4.69, 9.17) is 5.73 Å². The summed E-state index contributed by atoms with van der Waals surface area (Å²) < 4.78 is 0. The molecule has 3 heteroatoms. The molecule has 1 aromatic heterocycles. The fourth-order valence-electron chi connectivity index (χ4n) is 2.72. The quantitative estimate of drug-likeness (QED) is 0.916. The van der Waals surface area contributed by atoms with Crippen molar-refractivity contribution in [2.45, 2.75) is 33.4 Å². The van der Waals surface area contributed by atoms with E-state index >= 15 is 0 Å². The van der Waals surface area contributed by atoms with Gasteiger partial charge in [-0.25, -0.2) is 0 Å². The largest absolute Gasteiger partial charge is 0.329 e. The van der Waals surface area contributed by atoms with Gasteiger partial charge in [0, 0.05) is 24.8 Å². The van der Waals surface area contributed by atoms with Gasteiger partial charge in [0.05, 0.1) is 5.69 Å². The number of aromatic nitrogens is 1. The smallest absolute Gasteiger partial charge is 0.0547 e. The average Bonchev–Trinajstić information content (AvgIpc) is 2.43. The molecule has 0 aliphatic heterocycles. The molecule has 112 valence electrons. The third-order valence-corrected chi connectivity index (χ3v) is 3.91. The van der Waals surface area contributed by atoms with Crippen LogP contribution in [0.1, 0.15) is 34.1 Å². The van der Waals surface area contributed by atoms with Gasteiger partial charge in [-0.2, -0.15) is 0 Å². The standard InChI is InChI=1S/C18H25N3/c1-13-8-9-14(2)17(10-13)18(11-19)21(4)12-16-7-5-6-15(3)20-16/h5-10,18H,11-12,19H2,1-4H3. The Kier molecular flexibility index (Phi) is 5.10. The third-order valence-electron chi connectivity index (χ3n) is 3.91. The van der Waals surface area contributed by atoms with Crippen molar-refractivity contribution >= 4 is 0 Å². The van der Waals surface area contributed by atoms with E-state index in [-0.39, 0.29) is 6.04 Å². The van der Waals surface area contributed by atoms with Crippen LogP contribution in [0.2, 0.25) is 0 Å². The van der Waals surface area contributed by atoms with E-state index in [1.165, 1.54) is 16.7 Å². The van der Waals surface area contributed by atoms with Gasteiger partial charge in [0.2, 0.25) is 0 Å². The third kappa shape index (κ3) is 3.90. The molecule has 2 rings (SSSR count). The molecule has 21 heavy (non-hydrogen) atoms. The number of nitrogens with two attached hydrogens (primary N) is 1. The predicted molar refractivity (Wildman–Crippen MR) is 88.2 cm³/mol. The van der Waals surface area contributed by atoms with Gasteiger partial charge in [-0.1, -0.05) is 29.8 Å². The fraction of sp³-hybridized carbons (Fsp3) is 0.389. The Bertz CT molecular complexity index is 607. The van der Waals surface area contributed by atoms with Crippen LogP contribution in [-0.4, -0.2) is 23.5 Å². The normalized spacial score (nSPS) is 12.7. The monoisotopic (exact) mass is 283 g/mol. The van der Waals surface area contributed by atoms with Gasteiger partial charge in [-0.15, -0.1) is 0 Å². The van der Waals surface area contributed by atoms with Gasteiger partial charge in [0.25, 0.3) is 0 Å². The first-order chi connectivity index (χ1) is 10.0. The van der Waals surface area contributed by atoms with Crippen LogP contribution in [0.3, 0.4) is 0 Å². The summed E-state index contributed by atoms with van der Waals surface area (Å²) in [5, 5.41) is 0. The average molecular weight is 283 g/mol. The van der Waals surface area contributed by atoms with E-state index in [1.54, 1.807) is 0 Å². The van der Waals surface area contributed by atoms with Crippen molar-refractivity contribution in [2.75, 3.05) is 13.6 Å². The maximum Gasteiger partial charge on any atom is 0.0547 e. The zero-order valence-corrected chi connectivity index (χ0v) is 13.4. The minimum atomic E-state index is 0.215. The van der Waals surface area contributed by atoms with Crippen LogP contribution in [0.25, 0.3) is 0 Å². The minimum Gasteiger partial charge on any atom is -0.329 e. The summed E-state index contributed by atoms with van der Waals surface area (Å²) in [6, 6.07) is 12.9. The van der Waals surface area contributed by atoms with Crippen LogP contribution < -0.4 is 5.73 Å². The van der Waals surface area contributed by atoms with Crippen molar-refractivity contribution in [1.82, 2.24) is 9.88 Å². The highest BCUT2D eigenvalue weighted by Gasteiger charge is 2.18. The first-order valence-electron chi connectivity index (χ1n) is 7.41. The Morgan fingerprint density at radius 3 is 2.57 bits per heavy atom. The van der Waals surface area contributed by atoms with Crippen LogP contribution in [0.5, 0.6) is 0 Å². The number of pyridine rings is 1. The topological polar surface area (TPSA) is 42.1 Å². The summed E-state index contributed by atoms with van der Waals surface area (Å²) in [4.78, 5) is 6.86. The number of likely N-dealkylation sites (N-methyl/N-ethyl adjacent to an activating group) is 1. The second kappa shape index (κ2) is 6.83. The van der Waals surface area contributed by atoms with Gasteiger partial charge in [0.1, 0.15) is 0 Å². The maximum absolute atomic E-state index is 6.05. The highest BCUT2D eigenvalue weighted by molar-refractivity contribution is 5.33. The maximum atomic E-state index is 6.05. The first-order valence-corrected chi connectivity index (χ1v) is 7.41. The molecule has 3 nitrogen and oxygen atoms in total. The molecule has 2 aromatic rings. The Morgan fingerprint density at radius 2 is 1.90 bits per heavy atom. The molecule has 0 fully saturated rings. The van der Waals surface area contributed by atoms with E-state index in [0.717, 1.165) is 17.9 Å². The van der Waals surface area contributed by atoms with Crippen molar-refractivity contribution in [3.63, 3.8) is 0 Å². The number of nitrogens with zero attached hydrogens (tertiary/aromatic N) is 2. The molecule has 0 radical (unpaired) electrons. The van der Waals surface area contributed by atoms with Gasteiger partial charge < -0.3 is 5.73 Å². The molecular weight excluding hydrogens is 258 g/mol. The zero-order chi connectivity index (χ0) is 15.4. The minimum absolute atomic E-state index is 0.215. The predicted octanol–water partition coefficient (Wildman–Crippen LogP) is 3.14. The van der Waals surface area contributed by atoms with E-state index in [2.05, 4.69) is 61.1 Å². The van der Waals surface area contributed by atoms with Crippen LogP contribution >= 0.6 is 0 Å². The number of benzene rings is 1. The van der Waals surface area contributed by atoms with E-state index in [9.17, 15) is 0 Å². The van der Waals surface area contributed by atoms with Crippen LogP contribution in [0.15, 0.2) is 36.4 Å². The molecule has 2 N–H and O–H groups in total. The fourth-order valence-corrected chi connectivity index (χ4v) is 2.72. The summed E-state index contributed by atoms with van der Waals surface area (Å²) in [6.07, 6.45) is 0. The van der Waals surface area contributed by atoms with Gasteiger partial charge >= 0.3 is 0 Å². The van der Waals surface area contributed by atoms with E-state index < -0.39 is 0 Å². The first kappa shape index (κ1) is 15.7. The van der Waals surface area contributed by atoms with Crippen molar-refractivity contribution < 1.29 is 0 Å². The van der Waals surface area contributed by atoms with Crippen molar-refractivity contribution in [2.24, 2.45) is 5.73 Å². The number of hydrogen-bond donors (Lipinski definition) is 1. The lowest BCUT2D eigenvalue weighted by molar-refractivity contribution is 0.238. The summed E-state index contributed by atoms with van der Waals surface area (Å²) in [6.45, 7) is 7.70. The Morgan fingerprint density at radius 1 is 1.14 bits per heavy atom. The molecule has 0 aliphatic rings. The SMILES string of the molecule is Cc1ccc(C)c(C(CN)N(C)Cc2cccc(C)n2)c1. The van der Waals surface area contributed by atoms with E-state index in [0.29, 0.717) is 6.54 Å². The lowest BCUT2D eigenvalue weighted by atomic mass is 9.98. The second-order valence-corrected chi connectivity index (χ2v) is 5.80. The summed E-state index contributed by atoms with van der Waals surface area (Å²) in [7, 11) is 2.11. The zero-order valence-electron chi connectivity index (χ0n) is 13.4. The highest BCUT2D eigenvalue weighted by Crippen LogP contribution is 2.24. The molecule has 0 spiro atoms. The Hall–Kier alpha value is -1.71. The number of hydrogen-bond acceptors (Lipinski definition) is 3. The van der Waals surface area contributed by atoms with Crippen LogP contribution in [-0.2, 0) is 6.54 Å². The molecule has 1 heterocycles. The molecule has 1 atom stereocenters. The number of aryl methyl sites for hydroxylation is 3. The van der Waals surface area contributed by atoms with Gasteiger partial charge in [-0.3, -0.25) is 9.88 Å². The molecule has 0 saturated heterocycles. The van der Waals surface area contributed by atoms with Crippen molar-refractivity contribution in [1.29, 1.82) is 0 Å². The summed E-state index contributed by atoms with van der Waals surface area (Å²) in [5.41, 5.74) is 12.1. The van der Waals surface area contributed by atoms with E-state index in [1.807, 2.05) is 13.0 Å². The van der Waals surface area contributed by atoms with Crippen molar-refractivity contribution in [3.05, 3.63) is 64.5 Å². The Labute approximate surface area is 127 Å². The number of rotatable bonds is 5. The van der Waals surface area contributed by atoms with Gasteiger partial charge in [0.15, 0.2) is 0 Å². The lowest BCUT2D eigenvalue weighted by Crippen LogP contribution is -2.31. The molecule has 1 aromatic carbocycles.